The molecule has 0 unspecified atom stereocenters. The lowest BCUT2D eigenvalue weighted by atomic mass is 10.1. The fourth-order valence-electron chi connectivity index (χ4n) is 2.73. The van der Waals surface area contributed by atoms with E-state index in [1.807, 2.05) is 11.4 Å². The van der Waals surface area contributed by atoms with Gasteiger partial charge in [0.15, 0.2) is 0 Å². The lowest BCUT2D eigenvalue weighted by molar-refractivity contribution is 0.0942. The van der Waals surface area contributed by atoms with Crippen molar-refractivity contribution in [2.75, 3.05) is 0 Å². The van der Waals surface area contributed by atoms with Gasteiger partial charge >= 0.3 is 0 Å². The van der Waals surface area contributed by atoms with E-state index < -0.39 is 0 Å². The highest BCUT2D eigenvalue weighted by Crippen LogP contribution is 2.23. The number of carbonyl (C=O) groups excluding carboxylic acids is 1. The van der Waals surface area contributed by atoms with Crippen molar-refractivity contribution in [2.24, 2.45) is 0 Å². The maximum absolute atomic E-state index is 12.3. The van der Waals surface area contributed by atoms with E-state index in [9.17, 15) is 4.79 Å². The molecule has 0 saturated carbocycles. The van der Waals surface area contributed by atoms with Gasteiger partial charge in [-0.2, -0.15) is 0 Å². The molecule has 3 heteroatoms. The van der Waals surface area contributed by atoms with Crippen LogP contribution in [0.2, 0.25) is 0 Å². The lowest BCUT2D eigenvalue weighted by Gasteiger charge is -2.11. The first-order chi connectivity index (χ1) is 9.28. The third kappa shape index (κ3) is 2.43. The monoisotopic (exact) mass is 271 g/mol. The van der Waals surface area contributed by atoms with Crippen LogP contribution >= 0.6 is 11.3 Å². The second-order valence-electron chi connectivity index (χ2n) is 4.98. The second kappa shape index (κ2) is 5.17. The van der Waals surface area contributed by atoms with E-state index in [0.29, 0.717) is 0 Å². The molecule has 0 fully saturated rings. The van der Waals surface area contributed by atoms with Gasteiger partial charge in [0.2, 0.25) is 0 Å². The zero-order chi connectivity index (χ0) is 13.2. The van der Waals surface area contributed by atoms with Gasteiger partial charge in [-0.05, 0) is 47.4 Å². The van der Waals surface area contributed by atoms with E-state index in [1.165, 1.54) is 22.5 Å². The molecule has 1 aromatic carbocycles. The Morgan fingerprint density at radius 1 is 1.26 bits per heavy atom. The average molecular weight is 271 g/mol. The fraction of sp³-hybridized carbons (Fsp3) is 0.312. The molecule has 1 aliphatic carbocycles. The third-order valence-electron chi connectivity index (χ3n) is 3.72. The minimum atomic E-state index is 0.0876. The molecule has 1 N–H and O–H groups in total. The van der Waals surface area contributed by atoms with Crippen LogP contribution in [-0.2, 0) is 19.3 Å². The molecule has 0 spiro atoms. The van der Waals surface area contributed by atoms with Crippen LogP contribution in [0.1, 0.15) is 33.3 Å². The van der Waals surface area contributed by atoms with Gasteiger partial charge in [-0.25, -0.2) is 0 Å². The number of thiophene rings is 1. The molecule has 0 radical (unpaired) electrons. The summed E-state index contributed by atoms with van der Waals surface area (Å²) in [6.45, 7) is 2.09. The molecular weight excluding hydrogens is 254 g/mol. The first kappa shape index (κ1) is 12.4. The summed E-state index contributed by atoms with van der Waals surface area (Å²) in [5, 5.41) is 5.17. The van der Waals surface area contributed by atoms with Crippen LogP contribution in [0.25, 0.3) is 0 Å². The molecule has 0 atom stereocenters. The summed E-state index contributed by atoms with van der Waals surface area (Å²) in [6, 6.07) is 10.7. The van der Waals surface area contributed by atoms with Crippen LogP contribution < -0.4 is 5.32 Å². The third-order valence-corrected chi connectivity index (χ3v) is 4.68. The molecule has 98 valence electrons. The Balaban J connectivity index is 1.69. The second-order valence-corrected chi connectivity index (χ2v) is 5.89. The van der Waals surface area contributed by atoms with Crippen LogP contribution in [0, 0.1) is 0 Å². The van der Waals surface area contributed by atoms with E-state index in [-0.39, 0.29) is 11.9 Å². The Kier molecular flexibility index (Phi) is 3.38. The van der Waals surface area contributed by atoms with Gasteiger partial charge in [-0.3, -0.25) is 4.79 Å². The van der Waals surface area contributed by atoms with E-state index in [1.54, 1.807) is 0 Å². The summed E-state index contributed by atoms with van der Waals surface area (Å²) in [6.07, 6.45) is 2.82. The van der Waals surface area contributed by atoms with E-state index in [0.717, 1.165) is 29.7 Å². The van der Waals surface area contributed by atoms with Crippen molar-refractivity contribution in [2.45, 2.75) is 32.2 Å². The summed E-state index contributed by atoms with van der Waals surface area (Å²) in [5.41, 5.74) is 3.89. The van der Waals surface area contributed by atoms with Crippen molar-refractivity contribution in [3.8, 4) is 0 Å². The molecule has 1 aromatic heterocycles. The Bertz CT molecular complexity index is 577. The number of rotatable bonds is 3. The molecule has 1 heterocycles. The van der Waals surface area contributed by atoms with Gasteiger partial charge in [0.1, 0.15) is 0 Å². The van der Waals surface area contributed by atoms with Crippen molar-refractivity contribution in [1.82, 2.24) is 5.32 Å². The molecule has 19 heavy (non-hydrogen) atoms. The van der Waals surface area contributed by atoms with Gasteiger partial charge < -0.3 is 5.32 Å². The van der Waals surface area contributed by atoms with Gasteiger partial charge in [-0.15, -0.1) is 11.3 Å². The molecule has 2 aromatic rings. The zero-order valence-corrected chi connectivity index (χ0v) is 11.8. The number of hydrogen-bond donors (Lipinski definition) is 1. The molecule has 0 saturated heterocycles. The highest BCUT2D eigenvalue weighted by Gasteiger charge is 2.23. The molecule has 0 bridgehead atoms. The van der Waals surface area contributed by atoms with Crippen LogP contribution in [0.4, 0.5) is 0 Å². The quantitative estimate of drug-likeness (QED) is 0.912. The van der Waals surface area contributed by atoms with Crippen LogP contribution in [-0.4, -0.2) is 11.9 Å². The highest BCUT2D eigenvalue weighted by molar-refractivity contribution is 7.12. The predicted molar refractivity (Wildman–Crippen MR) is 78.8 cm³/mol. The Morgan fingerprint density at radius 3 is 2.58 bits per heavy atom. The first-order valence-electron chi connectivity index (χ1n) is 6.72. The molecule has 1 amide bonds. The van der Waals surface area contributed by atoms with E-state index >= 15 is 0 Å². The number of amides is 1. The smallest absolute Gasteiger partial charge is 0.261 e. The summed E-state index contributed by atoms with van der Waals surface area (Å²) < 4.78 is 0. The number of aryl methyl sites for hydroxylation is 1. The number of fused-ring (bicyclic) bond motifs is 1. The topological polar surface area (TPSA) is 29.1 Å². The van der Waals surface area contributed by atoms with E-state index in [2.05, 4.69) is 36.5 Å². The largest absolute Gasteiger partial charge is 0.348 e. The maximum Gasteiger partial charge on any atom is 0.261 e. The Labute approximate surface area is 117 Å². The van der Waals surface area contributed by atoms with Crippen LogP contribution in [0.3, 0.4) is 0 Å². The number of hydrogen-bond acceptors (Lipinski definition) is 2. The molecule has 3 rings (SSSR count). The fourth-order valence-corrected chi connectivity index (χ4v) is 3.62. The Morgan fingerprint density at radius 2 is 1.95 bits per heavy atom. The molecule has 2 nitrogen and oxygen atoms in total. The summed E-state index contributed by atoms with van der Waals surface area (Å²) in [4.78, 5) is 13.2. The average Bonchev–Trinajstić information content (AvgIpc) is 3.03. The predicted octanol–water partition coefficient (Wildman–Crippen LogP) is 3.21. The first-order valence-corrected chi connectivity index (χ1v) is 7.60. The van der Waals surface area contributed by atoms with Gasteiger partial charge in [-0.1, -0.05) is 31.2 Å². The van der Waals surface area contributed by atoms with Gasteiger partial charge in [0, 0.05) is 6.04 Å². The summed E-state index contributed by atoms with van der Waals surface area (Å²) in [5.74, 6) is 0.0876. The van der Waals surface area contributed by atoms with Crippen molar-refractivity contribution in [3.63, 3.8) is 0 Å². The Hall–Kier alpha value is -1.61. The zero-order valence-electron chi connectivity index (χ0n) is 11.0. The number of carbonyl (C=O) groups is 1. The van der Waals surface area contributed by atoms with Crippen molar-refractivity contribution >= 4 is 17.2 Å². The van der Waals surface area contributed by atoms with Crippen LogP contribution in [0.5, 0.6) is 0 Å². The SMILES string of the molecule is CCc1ccsc1C(=O)NC1Cc2ccccc2C1. The van der Waals surface area contributed by atoms with E-state index in [4.69, 9.17) is 0 Å². The summed E-state index contributed by atoms with van der Waals surface area (Å²) >= 11 is 1.54. The number of benzene rings is 1. The minimum Gasteiger partial charge on any atom is -0.348 e. The molecule has 0 aliphatic heterocycles. The van der Waals surface area contributed by atoms with Crippen molar-refractivity contribution in [1.29, 1.82) is 0 Å². The van der Waals surface area contributed by atoms with Crippen LogP contribution in [0.15, 0.2) is 35.7 Å². The standard InChI is InChI=1S/C16H17NOS/c1-2-11-7-8-19-15(11)16(18)17-14-9-12-5-3-4-6-13(12)10-14/h3-8,14H,2,9-10H2,1H3,(H,17,18). The normalized spacial score (nSPS) is 14.4. The lowest BCUT2D eigenvalue weighted by Crippen LogP contribution is -2.35. The maximum atomic E-state index is 12.3. The number of nitrogens with one attached hydrogen (secondary N) is 1. The molecule has 1 aliphatic rings. The summed E-state index contributed by atoms with van der Waals surface area (Å²) in [7, 11) is 0. The highest BCUT2D eigenvalue weighted by atomic mass is 32.1. The molecular formula is C16H17NOS. The van der Waals surface area contributed by atoms with Crippen molar-refractivity contribution < 1.29 is 4.79 Å². The van der Waals surface area contributed by atoms with Crippen molar-refractivity contribution in [3.05, 3.63) is 57.3 Å². The van der Waals surface area contributed by atoms with Gasteiger partial charge in [0.25, 0.3) is 5.91 Å². The minimum absolute atomic E-state index is 0.0876. The van der Waals surface area contributed by atoms with Gasteiger partial charge in [0.05, 0.1) is 4.88 Å².